The molecule has 0 spiro atoms. The minimum absolute atomic E-state index is 0.0553. The Labute approximate surface area is 210 Å². The lowest BCUT2D eigenvalue weighted by Gasteiger charge is -2.36. The van der Waals surface area contributed by atoms with Crippen molar-refractivity contribution >= 4 is 61.4 Å². The van der Waals surface area contributed by atoms with Gasteiger partial charge in [0.25, 0.3) is 5.91 Å². The van der Waals surface area contributed by atoms with Gasteiger partial charge in [-0.1, -0.05) is 40.5 Å². The molecule has 0 saturated carbocycles. The lowest BCUT2D eigenvalue weighted by Crippen LogP contribution is -2.48. The Bertz CT molecular complexity index is 1330. The van der Waals surface area contributed by atoms with Crippen molar-refractivity contribution < 1.29 is 4.79 Å². The highest BCUT2D eigenvalue weighted by Crippen LogP contribution is 2.32. The molecule has 0 radical (unpaired) electrons. The SMILES string of the molecule is CCc1ccc(-c2cc(C(=O)N3CCN(c4cccc(Cl)c4)CC3)c3cc(Br)ccc3n2)s1. The molecule has 168 valence electrons. The van der Waals surface area contributed by atoms with Gasteiger partial charge in [0.05, 0.1) is 21.7 Å². The third kappa shape index (κ3) is 4.65. The number of pyridine rings is 1. The average molecular weight is 541 g/mol. The van der Waals surface area contributed by atoms with Gasteiger partial charge < -0.3 is 9.80 Å². The molecule has 0 unspecified atom stereocenters. The molecule has 1 aliphatic heterocycles. The maximum atomic E-state index is 13.7. The lowest BCUT2D eigenvalue weighted by molar-refractivity contribution is 0.0748. The fourth-order valence-electron chi connectivity index (χ4n) is 4.22. The normalized spacial score (nSPS) is 14.2. The molecule has 0 aliphatic carbocycles. The summed E-state index contributed by atoms with van der Waals surface area (Å²) in [5.74, 6) is 0.0553. The molecule has 4 nitrogen and oxygen atoms in total. The van der Waals surface area contributed by atoms with E-state index in [2.05, 4.69) is 46.0 Å². The van der Waals surface area contributed by atoms with Crippen LogP contribution in [-0.4, -0.2) is 42.0 Å². The number of aromatic nitrogens is 1. The van der Waals surface area contributed by atoms with Crippen LogP contribution in [-0.2, 0) is 6.42 Å². The van der Waals surface area contributed by atoms with Crippen molar-refractivity contribution in [1.82, 2.24) is 9.88 Å². The van der Waals surface area contributed by atoms with Crippen LogP contribution in [0, 0.1) is 0 Å². The van der Waals surface area contributed by atoms with Crippen molar-refractivity contribution in [3.63, 3.8) is 0 Å². The smallest absolute Gasteiger partial charge is 0.254 e. The molecule has 5 rings (SSSR count). The minimum atomic E-state index is 0.0553. The van der Waals surface area contributed by atoms with Crippen LogP contribution in [0.3, 0.4) is 0 Å². The van der Waals surface area contributed by atoms with Gasteiger partial charge in [0, 0.05) is 51.6 Å². The molecule has 3 heterocycles. The summed E-state index contributed by atoms with van der Waals surface area (Å²) in [5.41, 5.74) is 3.50. The van der Waals surface area contributed by atoms with E-state index in [1.807, 2.05) is 47.4 Å². The van der Waals surface area contributed by atoms with Crippen molar-refractivity contribution in [2.24, 2.45) is 0 Å². The van der Waals surface area contributed by atoms with Gasteiger partial charge in [0.1, 0.15) is 0 Å². The largest absolute Gasteiger partial charge is 0.368 e. The number of nitrogens with zero attached hydrogens (tertiary/aromatic N) is 3. The van der Waals surface area contributed by atoms with Crippen molar-refractivity contribution in [1.29, 1.82) is 0 Å². The van der Waals surface area contributed by atoms with Crippen molar-refractivity contribution in [2.75, 3.05) is 31.1 Å². The first-order valence-corrected chi connectivity index (χ1v) is 13.0. The van der Waals surface area contributed by atoms with E-state index in [0.717, 1.165) is 56.2 Å². The number of hydrogen-bond acceptors (Lipinski definition) is 4. The number of rotatable bonds is 4. The van der Waals surface area contributed by atoms with E-state index >= 15 is 0 Å². The van der Waals surface area contributed by atoms with Crippen LogP contribution in [0.4, 0.5) is 5.69 Å². The van der Waals surface area contributed by atoms with E-state index in [1.165, 1.54) is 4.88 Å². The van der Waals surface area contributed by atoms with Crippen LogP contribution >= 0.6 is 38.9 Å². The van der Waals surface area contributed by atoms with Gasteiger partial charge in [0.2, 0.25) is 0 Å². The second kappa shape index (κ2) is 9.45. The Hall–Kier alpha value is -2.41. The number of carbonyl (C=O) groups excluding carboxylic acids is 1. The number of amides is 1. The fourth-order valence-corrected chi connectivity index (χ4v) is 5.67. The van der Waals surface area contributed by atoms with Crippen molar-refractivity contribution in [3.05, 3.63) is 80.6 Å². The van der Waals surface area contributed by atoms with Gasteiger partial charge in [-0.15, -0.1) is 11.3 Å². The summed E-state index contributed by atoms with van der Waals surface area (Å²) >= 11 is 11.5. The predicted octanol–water partition coefficient (Wildman–Crippen LogP) is 6.90. The Balaban J connectivity index is 1.45. The van der Waals surface area contributed by atoms with Crippen LogP contribution in [0.15, 0.2) is 65.1 Å². The number of piperazine rings is 1. The van der Waals surface area contributed by atoms with E-state index in [1.54, 1.807) is 11.3 Å². The Morgan fingerprint density at radius 3 is 2.61 bits per heavy atom. The van der Waals surface area contributed by atoms with Crippen molar-refractivity contribution in [2.45, 2.75) is 13.3 Å². The molecule has 0 bridgehead atoms. The molecule has 0 N–H and O–H groups in total. The minimum Gasteiger partial charge on any atom is -0.368 e. The number of benzene rings is 2. The number of aryl methyl sites for hydroxylation is 1. The highest BCUT2D eigenvalue weighted by Gasteiger charge is 2.25. The monoisotopic (exact) mass is 539 g/mol. The molecule has 1 aliphatic rings. The fraction of sp³-hybridized carbons (Fsp3) is 0.231. The first-order chi connectivity index (χ1) is 16.0. The number of thiophene rings is 1. The summed E-state index contributed by atoms with van der Waals surface area (Å²) in [7, 11) is 0. The molecule has 1 fully saturated rings. The third-order valence-corrected chi connectivity index (χ3v) is 7.98. The van der Waals surface area contributed by atoms with Crippen LogP contribution in [0.2, 0.25) is 5.02 Å². The second-order valence-electron chi connectivity index (χ2n) is 8.10. The van der Waals surface area contributed by atoms with E-state index < -0.39 is 0 Å². The zero-order valence-corrected chi connectivity index (χ0v) is 21.4. The molecular formula is C26H23BrClN3OS. The zero-order valence-electron chi connectivity index (χ0n) is 18.2. The molecule has 2 aromatic carbocycles. The number of hydrogen-bond donors (Lipinski definition) is 0. The number of anilines is 1. The number of carbonyl (C=O) groups is 1. The molecule has 1 amide bonds. The maximum absolute atomic E-state index is 13.7. The Morgan fingerprint density at radius 1 is 1.06 bits per heavy atom. The highest BCUT2D eigenvalue weighted by atomic mass is 79.9. The highest BCUT2D eigenvalue weighted by molar-refractivity contribution is 9.10. The summed E-state index contributed by atoms with van der Waals surface area (Å²) in [6, 6.07) is 20.0. The zero-order chi connectivity index (χ0) is 22.9. The van der Waals surface area contributed by atoms with E-state index in [4.69, 9.17) is 16.6 Å². The summed E-state index contributed by atoms with van der Waals surface area (Å²) in [4.78, 5) is 25.2. The van der Waals surface area contributed by atoms with Crippen LogP contribution < -0.4 is 4.90 Å². The topological polar surface area (TPSA) is 36.4 Å². The summed E-state index contributed by atoms with van der Waals surface area (Å²) in [5, 5.41) is 1.61. The third-order valence-electron chi connectivity index (χ3n) is 6.00. The standard InChI is InChI=1S/C26H23BrClN3OS/c1-2-20-7-9-25(33-20)24-16-22(21-14-17(27)6-8-23(21)29-24)26(32)31-12-10-30(11-13-31)19-5-3-4-18(28)15-19/h3-9,14-16H,2,10-13H2,1H3. The quantitative estimate of drug-likeness (QED) is 0.282. The van der Waals surface area contributed by atoms with Gasteiger partial charge in [-0.2, -0.15) is 0 Å². The van der Waals surface area contributed by atoms with Crippen LogP contribution in [0.1, 0.15) is 22.2 Å². The predicted molar refractivity (Wildman–Crippen MR) is 142 cm³/mol. The van der Waals surface area contributed by atoms with Gasteiger partial charge in [-0.25, -0.2) is 4.98 Å². The first-order valence-electron chi connectivity index (χ1n) is 11.0. The number of fused-ring (bicyclic) bond motifs is 1. The van der Waals surface area contributed by atoms with Gasteiger partial charge in [0.15, 0.2) is 0 Å². The molecule has 1 saturated heterocycles. The van der Waals surface area contributed by atoms with Gasteiger partial charge in [-0.05, 0) is 61.0 Å². The molecular weight excluding hydrogens is 518 g/mol. The molecule has 0 atom stereocenters. The number of halogens is 2. The van der Waals surface area contributed by atoms with Crippen molar-refractivity contribution in [3.8, 4) is 10.6 Å². The molecule has 7 heteroatoms. The van der Waals surface area contributed by atoms with Crippen LogP contribution in [0.5, 0.6) is 0 Å². The average Bonchev–Trinajstić information content (AvgIpc) is 3.32. The molecule has 2 aromatic heterocycles. The Kier molecular flexibility index (Phi) is 6.41. The first kappa shape index (κ1) is 22.4. The van der Waals surface area contributed by atoms with Gasteiger partial charge >= 0.3 is 0 Å². The maximum Gasteiger partial charge on any atom is 0.254 e. The summed E-state index contributed by atoms with van der Waals surface area (Å²) < 4.78 is 0.939. The van der Waals surface area contributed by atoms with Gasteiger partial charge in [-0.3, -0.25) is 4.79 Å². The summed E-state index contributed by atoms with van der Waals surface area (Å²) in [6.07, 6.45) is 0.994. The van der Waals surface area contributed by atoms with Crippen LogP contribution in [0.25, 0.3) is 21.5 Å². The summed E-state index contributed by atoms with van der Waals surface area (Å²) in [6.45, 7) is 5.03. The van der Waals surface area contributed by atoms with E-state index in [0.29, 0.717) is 18.7 Å². The Morgan fingerprint density at radius 2 is 1.88 bits per heavy atom. The lowest BCUT2D eigenvalue weighted by atomic mass is 10.0. The molecule has 4 aromatic rings. The van der Waals surface area contributed by atoms with E-state index in [-0.39, 0.29) is 5.91 Å². The molecule has 33 heavy (non-hydrogen) atoms. The van der Waals surface area contributed by atoms with E-state index in [9.17, 15) is 4.79 Å². The second-order valence-corrected chi connectivity index (χ2v) is 10.6.